The fourth-order valence-corrected chi connectivity index (χ4v) is 3.36. The van der Waals surface area contributed by atoms with Gasteiger partial charge in [-0.25, -0.2) is 9.48 Å². The molecular weight excluding hydrogens is 344 g/mol. The van der Waals surface area contributed by atoms with Crippen molar-refractivity contribution in [2.75, 3.05) is 18.5 Å². The van der Waals surface area contributed by atoms with Gasteiger partial charge in [0.1, 0.15) is 17.6 Å². The van der Waals surface area contributed by atoms with Crippen molar-refractivity contribution in [2.45, 2.75) is 46.6 Å². The summed E-state index contributed by atoms with van der Waals surface area (Å²) in [5, 5.41) is 7.83. The summed E-state index contributed by atoms with van der Waals surface area (Å²) < 4.78 is 13.0. The maximum Gasteiger partial charge on any atom is 0.338 e. The molecule has 0 radical (unpaired) electrons. The first kappa shape index (κ1) is 18.9. The minimum Gasteiger partial charge on any atom is -0.494 e. The normalized spacial score (nSPS) is 15.9. The van der Waals surface area contributed by atoms with E-state index in [0.29, 0.717) is 37.0 Å². The molecular formula is C20H26N4O3. The summed E-state index contributed by atoms with van der Waals surface area (Å²) in [7, 11) is 0. The molecule has 1 aliphatic heterocycles. The Hall–Kier alpha value is -2.83. The molecule has 2 heterocycles. The first-order chi connectivity index (χ1) is 13.1. The molecule has 1 unspecified atom stereocenters. The number of allylic oxidation sites excluding steroid dienone is 1. The molecule has 2 aromatic rings. The van der Waals surface area contributed by atoms with Crippen molar-refractivity contribution in [1.82, 2.24) is 14.8 Å². The molecule has 1 N–H and O–H groups in total. The van der Waals surface area contributed by atoms with Crippen LogP contribution in [0, 0.1) is 6.92 Å². The van der Waals surface area contributed by atoms with Crippen molar-refractivity contribution in [3.05, 3.63) is 46.9 Å². The molecule has 0 fully saturated rings. The van der Waals surface area contributed by atoms with Gasteiger partial charge >= 0.3 is 5.97 Å². The molecule has 0 spiro atoms. The van der Waals surface area contributed by atoms with Crippen LogP contribution in [0.5, 0.6) is 5.75 Å². The van der Waals surface area contributed by atoms with Gasteiger partial charge in [0.2, 0.25) is 5.95 Å². The largest absolute Gasteiger partial charge is 0.494 e. The standard InChI is InChI=1S/C20H26N4O3/c1-5-10-15-17(19(25)27-7-3)18(24-20(22-15)21-13(4)23-24)14-11-8-9-12-16(14)26-6-2/h8-9,11-12,18H,5-7,10H2,1-4H3,(H,21,22,23). The summed E-state index contributed by atoms with van der Waals surface area (Å²) in [5.74, 6) is 1.64. The molecule has 1 aliphatic rings. The highest BCUT2D eigenvalue weighted by Gasteiger charge is 2.37. The second kappa shape index (κ2) is 8.24. The number of fused-ring (bicyclic) bond motifs is 1. The first-order valence-electron chi connectivity index (χ1n) is 9.42. The maximum atomic E-state index is 12.9. The van der Waals surface area contributed by atoms with Crippen LogP contribution < -0.4 is 10.1 Å². The topological polar surface area (TPSA) is 78.3 Å². The fraction of sp³-hybridized carbons (Fsp3) is 0.450. The fourth-order valence-electron chi connectivity index (χ4n) is 3.36. The van der Waals surface area contributed by atoms with E-state index in [4.69, 9.17) is 9.47 Å². The summed E-state index contributed by atoms with van der Waals surface area (Å²) in [4.78, 5) is 17.4. The predicted molar refractivity (Wildman–Crippen MR) is 103 cm³/mol. The molecule has 1 aromatic carbocycles. The summed E-state index contributed by atoms with van der Waals surface area (Å²) in [5.41, 5.74) is 2.25. The van der Waals surface area contributed by atoms with Crippen LogP contribution in [0.3, 0.4) is 0 Å². The molecule has 1 aromatic heterocycles. The quantitative estimate of drug-likeness (QED) is 0.750. The molecule has 0 amide bonds. The highest BCUT2D eigenvalue weighted by molar-refractivity contribution is 5.92. The van der Waals surface area contributed by atoms with E-state index in [0.717, 1.165) is 23.4 Å². The number of aryl methyl sites for hydroxylation is 1. The highest BCUT2D eigenvalue weighted by Crippen LogP contribution is 2.40. The lowest BCUT2D eigenvalue weighted by Gasteiger charge is -2.30. The SMILES string of the molecule is CCCC1=C(C(=O)OCC)C(c2ccccc2OCC)n2nc(C)nc2N1. The van der Waals surface area contributed by atoms with Crippen molar-refractivity contribution in [3.8, 4) is 5.75 Å². The van der Waals surface area contributed by atoms with Gasteiger partial charge in [0.25, 0.3) is 0 Å². The van der Waals surface area contributed by atoms with Crippen LogP contribution in [0.1, 0.15) is 51.0 Å². The van der Waals surface area contributed by atoms with Crippen LogP contribution in [0.4, 0.5) is 5.95 Å². The Kier molecular flexibility index (Phi) is 5.78. The van der Waals surface area contributed by atoms with Crippen molar-refractivity contribution in [3.63, 3.8) is 0 Å². The third-order valence-corrected chi connectivity index (χ3v) is 4.35. The molecule has 144 valence electrons. The molecule has 27 heavy (non-hydrogen) atoms. The number of carbonyl (C=O) groups is 1. The van der Waals surface area contributed by atoms with Gasteiger partial charge in [0, 0.05) is 11.3 Å². The average Bonchev–Trinajstić information content (AvgIpc) is 3.02. The predicted octanol–water partition coefficient (Wildman–Crippen LogP) is 3.62. The van der Waals surface area contributed by atoms with Crippen molar-refractivity contribution >= 4 is 11.9 Å². The van der Waals surface area contributed by atoms with Crippen molar-refractivity contribution in [1.29, 1.82) is 0 Å². The Morgan fingerprint density at radius 3 is 2.70 bits per heavy atom. The number of aromatic nitrogens is 3. The highest BCUT2D eigenvalue weighted by atomic mass is 16.5. The average molecular weight is 370 g/mol. The van der Waals surface area contributed by atoms with Crippen LogP contribution >= 0.6 is 0 Å². The van der Waals surface area contributed by atoms with Gasteiger partial charge in [-0.05, 0) is 33.3 Å². The number of carbonyl (C=O) groups excluding carboxylic acids is 1. The minimum atomic E-state index is -0.453. The number of nitrogens with one attached hydrogen (secondary N) is 1. The second-order valence-electron chi connectivity index (χ2n) is 6.29. The molecule has 0 saturated carbocycles. The van der Waals surface area contributed by atoms with Gasteiger partial charge < -0.3 is 14.8 Å². The number of anilines is 1. The number of para-hydroxylation sites is 1. The van der Waals surface area contributed by atoms with Crippen LogP contribution in [0.15, 0.2) is 35.5 Å². The Bertz CT molecular complexity index is 857. The first-order valence-corrected chi connectivity index (χ1v) is 9.42. The summed E-state index contributed by atoms with van der Waals surface area (Å²) in [6, 6.07) is 7.28. The Labute approximate surface area is 159 Å². The second-order valence-corrected chi connectivity index (χ2v) is 6.29. The van der Waals surface area contributed by atoms with Gasteiger partial charge in [0.05, 0.1) is 18.8 Å². The molecule has 7 heteroatoms. The van der Waals surface area contributed by atoms with E-state index in [1.54, 1.807) is 4.68 Å². The van der Waals surface area contributed by atoms with Crippen LogP contribution in [-0.4, -0.2) is 33.9 Å². The van der Waals surface area contributed by atoms with E-state index in [1.165, 1.54) is 0 Å². The summed E-state index contributed by atoms with van der Waals surface area (Å²) in [6.07, 6.45) is 1.60. The zero-order chi connectivity index (χ0) is 19.4. The van der Waals surface area contributed by atoms with E-state index in [9.17, 15) is 4.79 Å². The van der Waals surface area contributed by atoms with Crippen molar-refractivity contribution in [2.24, 2.45) is 0 Å². The van der Waals surface area contributed by atoms with Crippen LogP contribution in [-0.2, 0) is 9.53 Å². The minimum absolute atomic E-state index is 0.310. The lowest BCUT2D eigenvalue weighted by molar-refractivity contribution is -0.139. The molecule has 0 bridgehead atoms. The van der Waals surface area contributed by atoms with Gasteiger partial charge in [-0.1, -0.05) is 31.5 Å². The number of benzene rings is 1. The molecule has 1 atom stereocenters. The third-order valence-electron chi connectivity index (χ3n) is 4.35. The molecule has 7 nitrogen and oxygen atoms in total. The van der Waals surface area contributed by atoms with Gasteiger partial charge in [0.15, 0.2) is 0 Å². The number of ether oxygens (including phenoxy) is 2. The van der Waals surface area contributed by atoms with E-state index >= 15 is 0 Å². The zero-order valence-electron chi connectivity index (χ0n) is 16.3. The molecule has 0 saturated heterocycles. The molecule has 0 aliphatic carbocycles. The van der Waals surface area contributed by atoms with E-state index in [2.05, 4.69) is 22.3 Å². The number of hydrogen-bond acceptors (Lipinski definition) is 6. The number of rotatable bonds is 7. The number of esters is 1. The van der Waals surface area contributed by atoms with Crippen LogP contribution in [0.2, 0.25) is 0 Å². The number of nitrogens with zero attached hydrogens (tertiary/aromatic N) is 3. The Balaban J connectivity index is 2.23. The lowest BCUT2D eigenvalue weighted by atomic mass is 9.93. The van der Waals surface area contributed by atoms with E-state index in [-0.39, 0.29) is 5.97 Å². The smallest absolute Gasteiger partial charge is 0.338 e. The lowest BCUT2D eigenvalue weighted by Crippen LogP contribution is -2.30. The van der Waals surface area contributed by atoms with Crippen LogP contribution in [0.25, 0.3) is 0 Å². The molecule has 3 rings (SSSR count). The zero-order valence-corrected chi connectivity index (χ0v) is 16.3. The van der Waals surface area contributed by atoms with Gasteiger partial charge in [-0.2, -0.15) is 10.1 Å². The van der Waals surface area contributed by atoms with E-state index in [1.807, 2.05) is 45.0 Å². The van der Waals surface area contributed by atoms with Gasteiger partial charge in [-0.15, -0.1) is 0 Å². The Morgan fingerprint density at radius 1 is 1.22 bits per heavy atom. The van der Waals surface area contributed by atoms with E-state index < -0.39 is 6.04 Å². The summed E-state index contributed by atoms with van der Waals surface area (Å²) >= 11 is 0. The van der Waals surface area contributed by atoms with Gasteiger partial charge in [-0.3, -0.25) is 0 Å². The number of hydrogen-bond donors (Lipinski definition) is 1. The Morgan fingerprint density at radius 2 is 2.00 bits per heavy atom. The summed E-state index contributed by atoms with van der Waals surface area (Å²) in [6.45, 7) is 8.50. The maximum absolute atomic E-state index is 12.9. The third kappa shape index (κ3) is 3.67. The van der Waals surface area contributed by atoms with Crippen molar-refractivity contribution < 1.29 is 14.3 Å². The monoisotopic (exact) mass is 370 g/mol.